The molecule has 0 N–H and O–H groups in total. The van der Waals surface area contributed by atoms with Gasteiger partial charge < -0.3 is 14.3 Å². The maximum Gasteiger partial charge on any atom is 0.169 e. The zero-order chi connectivity index (χ0) is 11.2. The van der Waals surface area contributed by atoms with Gasteiger partial charge in [-0.1, -0.05) is 20.8 Å². The second-order valence-corrected chi connectivity index (χ2v) is 6.10. The van der Waals surface area contributed by atoms with Gasteiger partial charge in [0, 0.05) is 23.7 Å². The fourth-order valence-corrected chi connectivity index (χ4v) is 2.35. The highest BCUT2D eigenvalue weighted by atomic mass is 16.7. The Hall–Kier alpha value is -0.410. The van der Waals surface area contributed by atoms with E-state index in [0.717, 1.165) is 32.3 Å². The largest absolute Gasteiger partial charge is 0.349 e. The van der Waals surface area contributed by atoms with E-state index in [0.29, 0.717) is 6.42 Å². The molecule has 0 aromatic heterocycles. The third-order valence-electron chi connectivity index (χ3n) is 3.49. The van der Waals surface area contributed by atoms with Crippen LogP contribution in [0.25, 0.3) is 0 Å². The highest BCUT2D eigenvalue weighted by molar-refractivity contribution is 5.59. The molecule has 0 aromatic rings. The molecule has 1 aliphatic carbocycles. The van der Waals surface area contributed by atoms with Crippen molar-refractivity contribution in [2.75, 3.05) is 13.2 Å². The lowest BCUT2D eigenvalue weighted by atomic mass is 9.90. The Bertz CT molecular complexity index is 262. The number of hydrogen-bond donors (Lipinski definition) is 0. The molecule has 2 aliphatic rings. The average Bonchev–Trinajstić information content (AvgIpc) is 2.52. The standard InChI is InChI=1S/C12H20O3/c1-10(2)8-14-12(15-9-10)5-4-11(3,6-12)7-13/h7H,4-6,8-9H2,1-3H3. The molecule has 1 heterocycles. The Morgan fingerprint density at radius 1 is 1.07 bits per heavy atom. The number of carbonyl (C=O) groups excluding carboxylic acids is 1. The summed E-state index contributed by atoms with van der Waals surface area (Å²) in [5.74, 6) is -0.467. The van der Waals surface area contributed by atoms with Crippen molar-refractivity contribution < 1.29 is 14.3 Å². The first-order valence-corrected chi connectivity index (χ1v) is 5.63. The summed E-state index contributed by atoms with van der Waals surface area (Å²) in [5, 5.41) is 0. The summed E-state index contributed by atoms with van der Waals surface area (Å²) in [7, 11) is 0. The highest BCUT2D eigenvalue weighted by Gasteiger charge is 2.50. The number of hydrogen-bond acceptors (Lipinski definition) is 3. The molecule has 86 valence electrons. The first-order chi connectivity index (χ1) is 6.89. The molecule has 0 radical (unpaired) electrons. The van der Waals surface area contributed by atoms with Gasteiger partial charge in [0.25, 0.3) is 0 Å². The van der Waals surface area contributed by atoms with Gasteiger partial charge in [-0.15, -0.1) is 0 Å². The minimum Gasteiger partial charge on any atom is -0.349 e. The Morgan fingerprint density at radius 3 is 2.13 bits per heavy atom. The summed E-state index contributed by atoms with van der Waals surface area (Å²) in [4.78, 5) is 11.0. The average molecular weight is 212 g/mol. The van der Waals surface area contributed by atoms with Crippen LogP contribution in [-0.2, 0) is 14.3 Å². The van der Waals surface area contributed by atoms with E-state index in [9.17, 15) is 4.79 Å². The third-order valence-corrected chi connectivity index (χ3v) is 3.49. The van der Waals surface area contributed by atoms with Crippen LogP contribution < -0.4 is 0 Å². The van der Waals surface area contributed by atoms with Crippen LogP contribution in [0.5, 0.6) is 0 Å². The molecule has 15 heavy (non-hydrogen) atoms. The van der Waals surface area contributed by atoms with E-state index >= 15 is 0 Å². The molecule has 1 unspecified atom stereocenters. The number of carbonyl (C=O) groups is 1. The fraction of sp³-hybridized carbons (Fsp3) is 0.917. The van der Waals surface area contributed by atoms with Gasteiger partial charge in [0.2, 0.25) is 0 Å². The first-order valence-electron chi connectivity index (χ1n) is 5.63. The molecule has 1 aliphatic heterocycles. The number of ether oxygens (including phenoxy) is 2. The van der Waals surface area contributed by atoms with E-state index in [1.54, 1.807) is 0 Å². The number of rotatable bonds is 1. The van der Waals surface area contributed by atoms with Crippen LogP contribution in [0.4, 0.5) is 0 Å². The van der Waals surface area contributed by atoms with E-state index in [4.69, 9.17) is 9.47 Å². The SMILES string of the molecule is CC1(C)COC2(CCC(C)(C=O)C2)OC1. The zero-order valence-corrected chi connectivity index (χ0v) is 9.84. The van der Waals surface area contributed by atoms with Gasteiger partial charge in [-0.05, 0) is 6.42 Å². The van der Waals surface area contributed by atoms with E-state index in [-0.39, 0.29) is 10.8 Å². The smallest absolute Gasteiger partial charge is 0.169 e. The minimum atomic E-state index is -0.467. The van der Waals surface area contributed by atoms with Gasteiger partial charge in [-0.25, -0.2) is 0 Å². The zero-order valence-electron chi connectivity index (χ0n) is 9.84. The van der Waals surface area contributed by atoms with Crippen molar-refractivity contribution in [1.82, 2.24) is 0 Å². The second-order valence-electron chi connectivity index (χ2n) is 6.10. The molecular formula is C12H20O3. The molecule has 1 saturated carbocycles. The summed E-state index contributed by atoms with van der Waals surface area (Å²) in [5.41, 5.74) is -0.146. The molecule has 0 aromatic carbocycles. The van der Waals surface area contributed by atoms with Crippen LogP contribution in [-0.4, -0.2) is 25.3 Å². The Morgan fingerprint density at radius 2 is 1.67 bits per heavy atom. The van der Waals surface area contributed by atoms with Gasteiger partial charge in [0.15, 0.2) is 5.79 Å². The Labute approximate surface area is 91.1 Å². The van der Waals surface area contributed by atoms with Crippen molar-refractivity contribution in [3.05, 3.63) is 0 Å². The summed E-state index contributed by atoms with van der Waals surface area (Å²) < 4.78 is 11.7. The van der Waals surface area contributed by atoms with E-state index in [1.165, 1.54) is 0 Å². The maximum atomic E-state index is 11.0. The molecule has 1 atom stereocenters. The van der Waals surface area contributed by atoms with Crippen molar-refractivity contribution in [2.24, 2.45) is 10.8 Å². The third kappa shape index (κ3) is 2.08. The minimum absolute atomic E-state index is 0.103. The van der Waals surface area contributed by atoms with E-state index in [2.05, 4.69) is 13.8 Å². The van der Waals surface area contributed by atoms with Crippen LogP contribution in [0, 0.1) is 10.8 Å². The predicted molar refractivity (Wildman–Crippen MR) is 56.4 cm³/mol. The lowest BCUT2D eigenvalue weighted by Gasteiger charge is -2.42. The van der Waals surface area contributed by atoms with Crippen molar-refractivity contribution in [3.63, 3.8) is 0 Å². The maximum absolute atomic E-state index is 11.0. The molecule has 1 saturated heterocycles. The van der Waals surface area contributed by atoms with Gasteiger partial charge >= 0.3 is 0 Å². The lowest BCUT2D eigenvalue weighted by molar-refractivity contribution is -0.297. The fourth-order valence-electron chi connectivity index (χ4n) is 2.35. The van der Waals surface area contributed by atoms with Crippen LogP contribution in [0.2, 0.25) is 0 Å². The molecule has 0 bridgehead atoms. The summed E-state index contributed by atoms with van der Waals surface area (Å²) in [6.07, 6.45) is 3.48. The lowest BCUT2D eigenvalue weighted by Crippen LogP contribution is -2.46. The number of aldehydes is 1. The molecule has 0 amide bonds. The van der Waals surface area contributed by atoms with Crippen LogP contribution in [0.1, 0.15) is 40.0 Å². The first kappa shape index (κ1) is 11.1. The van der Waals surface area contributed by atoms with Crippen LogP contribution in [0.3, 0.4) is 0 Å². The van der Waals surface area contributed by atoms with E-state index < -0.39 is 5.79 Å². The van der Waals surface area contributed by atoms with Crippen molar-refractivity contribution >= 4 is 6.29 Å². The van der Waals surface area contributed by atoms with Gasteiger partial charge in [0.1, 0.15) is 6.29 Å². The second kappa shape index (κ2) is 3.29. The topological polar surface area (TPSA) is 35.5 Å². The van der Waals surface area contributed by atoms with E-state index in [1.807, 2.05) is 6.92 Å². The molecule has 3 nitrogen and oxygen atoms in total. The van der Waals surface area contributed by atoms with Gasteiger partial charge in [0.05, 0.1) is 13.2 Å². The molecule has 1 spiro atoms. The van der Waals surface area contributed by atoms with Crippen molar-refractivity contribution in [1.29, 1.82) is 0 Å². The highest BCUT2D eigenvalue weighted by Crippen LogP contribution is 2.48. The van der Waals surface area contributed by atoms with Crippen LogP contribution >= 0.6 is 0 Å². The molecule has 3 heteroatoms. The molecule has 2 fully saturated rings. The van der Waals surface area contributed by atoms with Crippen LogP contribution in [0.15, 0.2) is 0 Å². The molecule has 2 rings (SSSR count). The normalized spacial score (nSPS) is 38.1. The summed E-state index contributed by atoms with van der Waals surface area (Å²) >= 11 is 0. The summed E-state index contributed by atoms with van der Waals surface area (Å²) in [6, 6.07) is 0. The van der Waals surface area contributed by atoms with Gasteiger partial charge in [-0.2, -0.15) is 0 Å². The monoisotopic (exact) mass is 212 g/mol. The predicted octanol–water partition coefficient (Wildman–Crippen LogP) is 2.14. The quantitative estimate of drug-likeness (QED) is 0.625. The van der Waals surface area contributed by atoms with Crippen molar-refractivity contribution in [2.45, 2.75) is 45.8 Å². The van der Waals surface area contributed by atoms with Gasteiger partial charge in [-0.3, -0.25) is 0 Å². The van der Waals surface area contributed by atoms with Crippen molar-refractivity contribution in [3.8, 4) is 0 Å². The summed E-state index contributed by atoms with van der Waals surface area (Å²) in [6.45, 7) is 7.70. The Kier molecular flexibility index (Phi) is 2.43. The Balaban J connectivity index is 2.04. The molecular weight excluding hydrogens is 192 g/mol.